The van der Waals surface area contributed by atoms with Crippen molar-refractivity contribution in [2.45, 2.75) is 46.2 Å². The van der Waals surface area contributed by atoms with Gasteiger partial charge in [0, 0.05) is 18.6 Å². The summed E-state index contributed by atoms with van der Waals surface area (Å²) in [6, 6.07) is 1.10. The zero-order valence-corrected chi connectivity index (χ0v) is 9.12. The first-order chi connectivity index (χ1) is 6.09. The van der Waals surface area contributed by atoms with E-state index >= 15 is 0 Å². The Morgan fingerprint density at radius 3 is 2.15 bits per heavy atom. The number of hydrogen-bond donors (Lipinski definition) is 0. The molecule has 0 aliphatic heterocycles. The Hall–Kier alpha value is -0.570. The lowest BCUT2D eigenvalue weighted by molar-refractivity contribution is -0.128. The number of nitrogens with zero attached hydrogens (tertiary/aromatic N) is 1. The van der Waals surface area contributed by atoms with E-state index in [9.17, 15) is 4.79 Å². The Morgan fingerprint density at radius 1 is 1.23 bits per heavy atom. The highest BCUT2D eigenvalue weighted by atomic mass is 16.5. The molecule has 0 bridgehead atoms. The minimum Gasteiger partial charge on any atom is -0.468 e. The first kappa shape index (κ1) is 12.4. The molecule has 0 atom stereocenters. The van der Waals surface area contributed by atoms with Crippen LogP contribution in [-0.4, -0.2) is 36.6 Å². The van der Waals surface area contributed by atoms with Crippen LogP contribution in [0.3, 0.4) is 0 Å². The first-order valence-electron chi connectivity index (χ1n) is 4.90. The van der Waals surface area contributed by atoms with Crippen molar-refractivity contribution in [1.82, 2.24) is 4.90 Å². The number of carbonyl (C=O) groups is 1. The van der Waals surface area contributed by atoms with Crippen molar-refractivity contribution in [3.8, 4) is 0 Å². The van der Waals surface area contributed by atoms with Crippen molar-refractivity contribution in [3.05, 3.63) is 0 Å². The molecule has 0 aliphatic rings. The van der Waals surface area contributed by atoms with E-state index in [-0.39, 0.29) is 0 Å². The fourth-order valence-electron chi connectivity index (χ4n) is 1.49. The molecule has 0 aliphatic carbocycles. The van der Waals surface area contributed by atoms with Crippen LogP contribution < -0.4 is 0 Å². The molecule has 13 heavy (non-hydrogen) atoms. The summed E-state index contributed by atoms with van der Waals surface area (Å²) in [5, 5.41) is 0. The Kier molecular flexibility index (Phi) is 6.59. The van der Waals surface area contributed by atoms with Gasteiger partial charge in [0.05, 0.1) is 6.61 Å². The molecule has 0 heterocycles. The van der Waals surface area contributed by atoms with E-state index < -0.39 is 0 Å². The smallest absolute Gasteiger partial charge is 0.293 e. The molecular weight excluding hydrogens is 166 g/mol. The minimum atomic E-state index is 0.509. The van der Waals surface area contributed by atoms with Crippen LogP contribution in [0.1, 0.15) is 34.1 Å². The zero-order chi connectivity index (χ0) is 10.3. The maximum absolute atomic E-state index is 9.88. The highest BCUT2D eigenvalue weighted by Gasteiger charge is 2.11. The Morgan fingerprint density at radius 2 is 1.77 bits per heavy atom. The van der Waals surface area contributed by atoms with Crippen molar-refractivity contribution in [3.63, 3.8) is 0 Å². The van der Waals surface area contributed by atoms with Crippen molar-refractivity contribution in [2.24, 2.45) is 0 Å². The Balaban J connectivity index is 3.63. The van der Waals surface area contributed by atoms with Crippen LogP contribution in [-0.2, 0) is 9.53 Å². The van der Waals surface area contributed by atoms with Crippen molar-refractivity contribution >= 4 is 6.47 Å². The molecule has 0 aromatic heterocycles. The van der Waals surface area contributed by atoms with E-state index in [0.717, 1.165) is 13.0 Å². The summed E-state index contributed by atoms with van der Waals surface area (Å²) in [6.07, 6.45) is 0.912. The third-order valence-corrected chi connectivity index (χ3v) is 2.07. The van der Waals surface area contributed by atoms with Crippen LogP contribution in [0.15, 0.2) is 0 Å². The quantitative estimate of drug-likeness (QED) is 0.448. The van der Waals surface area contributed by atoms with E-state index in [0.29, 0.717) is 25.2 Å². The van der Waals surface area contributed by atoms with E-state index in [1.54, 1.807) is 0 Å². The van der Waals surface area contributed by atoms with Crippen LogP contribution in [0, 0.1) is 0 Å². The summed E-state index contributed by atoms with van der Waals surface area (Å²) < 4.78 is 4.64. The van der Waals surface area contributed by atoms with E-state index in [1.807, 2.05) is 0 Å². The van der Waals surface area contributed by atoms with Gasteiger partial charge in [0.2, 0.25) is 0 Å². The SMILES string of the molecule is CC(C)N(CCCOC=O)C(C)C. The minimum absolute atomic E-state index is 0.509. The molecule has 0 saturated heterocycles. The lowest BCUT2D eigenvalue weighted by Gasteiger charge is -2.30. The molecule has 3 nitrogen and oxygen atoms in total. The van der Waals surface area contributed by atoms with Gasteiger partial charge in [-0.1, -0.05) is 0 Å². The fraction of sp³-hybridized carbons (Fsp3) is 0.900. The van der Waals surface area contributed by atoms with Crippen molar-refractivity contribution in [2.75, 3.05) is 13.2 Å². The van der Waals surface area contributed by atoms with Crippen LogP contribution in [0.5, 0.6) is 0 Å². The number of ether oxygens (including phenoxy) is 1. The summed E-state index contributed by atoms with van der Waals surface area (Å²) >= 11 is 0. The average molecular weight is 187 g/mol. The number of carbonyl (C=O) groups excluding carboxylic acids is 1. The van der Waals surface area contributed by atoms with Crippen molar-refractivity contribution < 1.29 is 9.53 Å². The lowest BCUT2D eigenvalue weighted by atomic mass is 10.2. The molecule has 0 amide bonds. The molecule has 0 rings (SSSR count). The Labute approximate surface area is 81.1 Å². The van der Waals surface area contributed by atoms with E-state index in [4.69, 9.17) is 0 Å². The normalized spacial score (nSPS) is 11.3. The molecule has 0 spiro atoms. The largest absolute Gasteiger partial charge is 0.468 e. The maximum atomic E-state index is 9.88. The molecular formula is C10H21NO2. The van der Waals surface area contributed by atoms with Gasteiger partial charge in [0.25, 0.3) is 6.47 Å². The van der Waals surface area contributed by atoms with E-state index in [1.165, 1.54) is 0 Å². The monoisotopic (exact) mass is 187 g/mol. The lowest BCUT2D eigenvalue weighted by Crippen LogP contribution is -2.38. The topological polar surface area (TPSA) is 29.5 Å². The highest BCUT2D eigenvalue weighted by molar-refractivity contribution is 5.36. The van der Waals surface area contributed by atoms with Crippen LogP contribution in [0.4, 0.5) is 0 Å². The van der Waals surface area contributed by atoms with Gasteiger partial charge in [-0.25, -0.2) is 0 Å². The van der Waals surface area contributed by atoms with Crippen LogP contribution >= 0.6 is 0 Å². The molecule has 0 aromatic rings. The molecule has 0 fully saturated rings. The third-order valence-electron chi connectivity index (χ3n) is 2.07. The second-order valence-electron chi connectivity index (χ2n) is 3.75. The molecule has 0 saturated carbocycles. The van der Waals surface area contributed by atoms with Gasteiger partial charge in [0.15, 0.2) is 0 Å². The second-order valence-corrected chi connectivity index (χ2v) is 3.75. The van der Waals surface area contributed by atoms with Gasteiger partial charge in [-0.05, 0) is 34.1 Å². The number of rotatable bonds is 7. The van der Waals surface area contributed by atoms with Gasteiger partial charge >= 0.3 is 0 Å². The summed E-state index contributed by atoms with van der Waals surface area (Å²) in [4.78, 5) is 12.3. The first-order valence-corrected chi connectivity index (χ1v) is 4.90. The van der Waals surface area contributed by atoms with E-state index in [2.05, 4.69) is 37.3 Å². The predicted molar refractivity (Wildman–Crippen MR) is 53.6 cm³/mol. The Bertz CT molecular complexity index is 127. The van der Waals surface area contributed by atoms with Gasteiger partial charge in [0.1, 0.15) is 0 Å². The number of hydrogen-bond acceptors (Lipinski definition) is 3. The van der Waals surface area contributed by atoms with Gasteiger partial charge in [-0.3, -0.25) is 9.69 Å². The summed E-state index contributed by atoms with van der Waals surface area (Å²) in [5.41, 5.74) is 0. The molecule has 0 N–H and O–H groups in total. The summed E-state index contributed by atoms with van der Waals surface area (Å²) in [5.74, 6) is 0. The van der Waals surface area contributed by atoms with Crippen LogP contribution in [0.25, 0.3) is 0 Å². The molecule has 0 unspecified atom stereocenters. The van der Waals surface area contributed by atoms with Crippen molar-refractivity contribution in [1.29, 1.82) is 0 Å². The molecule has 78 valence electrons. The third kappa shape index (κ3) is 5.64. The van der Waals surface area contributed by atoms with Gasteiger partial charge < -0.3 is 4.74 Å². The standard InChI is InChI=1S/C10H21NO2/c1-9(2)11(10(3)4)6-5-7-13-8-12/h8-10H,5-7H2,1-4H3. The fourth-order valence-corrected chi connectivity index (χ4v) is 1.49. The zero-order valence-electron chi connectivity index (χ0n) is 9.12. The summed E-state index contributed by atoms with van der Waals surface area (Å²) in [6.45, 7) is 10.8. The van der Waals surface area contributed by atoms with Crippen LogP contribution in [0.2, 0.25) is 0 Å². The van der Waals surface area contributed by atoms with Gasteiger partial charge in [-0.15, -0.1) is 0 Å². The summed E-state index contributed by atoms with van der Waals surface area (Å²) in [7, 11) is 0. The highest BCUT2D eigenvalue weighted by Crippen LogP contribution is 2.05. The second kappa shape index (κ2) is 6.89. The molecule has 0 aromatic carbocycles. The predicted octanol–water partition coefficient (Wildman–Crippen LogP) is 1.67. The van der Waals surface area contributed by atoms with Gasteiger partial charge in [-0.2, -0.15) is 0 Å². The average Bonchev–Trinajstić information content (AvgIpc) is 2.02. The molecule has 0 radical (unpaired) electrons. The maximum Gasteiger partial charge on any atom is 0.293 e. The molecule has 3 heteroatoms.